The number of ether oxygens (including phenoxy) is 1. The van der Waals surface area contributed by atoms with Crippen molar-refractivity contribution in [2.45, 2.75) is 25.8 Å². The fourth-order valence-electron chi connectivity index (χ4n) is 2.34. The van der Waals surface area contributed by atoms with Gasteiger partial charge in [-0.05, 0) is 63.7 Å². The van der Waals surface area contributed by atoms with Gasteiger partial charge in [0.05, 0.1) is 0 Å². The molecule has 20 heavy (non-hydrogen) atoms. The summed E-state index contributed by atoms with van der Waals surface area (Å²) in [4.78, 5) is 14.1. The van der Waals surface area contributed by atoms with E-state index in [4.69, 9.17) is 16.3 Å². The van der Waals surface area contributed by atoms with E-state index < -0.39 is 0 Å². The van der Waals surface area contributed by atoms with Gasteiger partial charge in [0, 0.05) is 11.1 Å². The molecule has 0 unspecified atom stereocenters. The second-order valence-corrected chi connectivity index (χ2v) is 5.78. The highest BCUT2D eigenvalue weighted by atomic mass is 35.5. The van der Waals surface area contributed by atoms with E-state index >= 15 is 0 Å². The second-order valence-electron chi connectivity index (χ2n) is 5.34. The quantitative estimate of drug-likeness (QED) is 0.926. The lowest BCUT2D eigenvalue weighted by atomic mass is 10.1. The maximum atomic E-state index is 11.9. The Morgan fingerprint density at radius 1 is 1.45 bits per heavy atom. The van der Waals surface area contributed by atoms with Crippen molar-refractivity contribution in [1.29, 1.82) is 0 Å². The van der Waals surface area contributed by atoms with Gasteiger partial charge in [-0.3, -0.25) is 4.79 Å². The Morgan fingerprint density at radius 3 is 2.80 bits per heavy atom. The highest BCUT2D eigenvalue weighted by Gasteiger charge is 2.18. The minimum atomic E-state index is -0.0612. The molecule has 4 nitrogen and oxygen atoms in total. The largest absolute Gasteiger partial charge is 0.484 e. The number of hydrogen-bond donors (Lipinski definition) is 1. The first-order valence-corrected chi connectivity index (χ1v) is 7.29. The first-order valence-electron chi connectivity index (χ1n) is 6.91. The molecule has 0 aromatic heterocycles. The second kappa shape index (κ2) is 6.95. The van der Waals surface area contributed by atoms with Gasteiger partial charge in [0.2, 0.25) is 0 Å². The van der Waals surface area contributed by atoms with Crippen LogP contribution in [0.1, 0.15) is 18.4 Å². The van der Waals surface area contributed by atoms with Gasteiger partial charge in [0.1, 0.15) is 5.75 Å². The van der Waals surface area contributed by atoms with E-state index in [-0.39, 0.29) is 18.6 Å². The Kier molecular flexibility index (Phi) is 5.26. The fraction of sp³-hybridized carbons (Fsp3) is 0.533. The van der Waals surface area contributed by atoms with Crippen LogP contribution in [0, 0.1) is 6.92 Å². The van der Waals surface area contributed by atoms with Gasteiger partial charge in [-0.25, -0.2) is 0 Å². The van der Waals surface area contributed by atoms with Crippen LogP contribution in [0.5, 0.6) is 5.75 Å². The zero-order valence-corrected chi connectivity index (χ0v) is 12.7. The molecule has 1 aliphatic rings. The third-order valence-electron chi connectivity index (χ3n) is 3.58. The minimum Gasteiger partial charge on any atom is -0.484 e. The molecule has 0 spiro atoms. The van der Waals surface area contributed by atoms with Crippen molar-refractivity contribution in [3.63, 3.8) is 0 Å². The van der Waals surface area contributed by atoms with Gasteiger partial charge in [0.15, 0.2) is 6.61 Å². The number of aryl methyl sites for hydroxylation is 1. The zero-order chi connectivity index (χ0) is 14.5. The molecule has 1 aromatic rings. The Balaban J connectivity index is 1.77. The molecule has 0 saturated carbocycles. The number of hydrogen-bond acceptors (Lipinski definition) is 3. The minimum absolute atomic E-state index is 0.0504. The van der Waals surface area contributed by atoms with Crippen molar-refractivity contribution in [2.75, 3.05) is 26.7 Å². The van der Waals surface area contributed by atoms with E-state index in [9.17, 15) is 4.79 Å². The number of carbonyl (C=O) groups excluding carboxylic acids is 1. The molecular formula is C15H21ClN2O2. The van der Waals surface area contributed by atoms with Crippen LogP contribution in [-0.2, 0) is 4.79 Å². The van der Waals surface area contributed by atoms with Gasteiger partial charge in [0.25, 0.3) is 5.91 Å². The number of rotatable bonds is 4. The molecule has 110 valence electrons. The number of likely N-dealkylation sites (tertiary alicyclic amines) is 1. The topological polar surface area (TPSA) is 41.6 Å². The fourth-order valence-corrected chi connectivity index (χ4v) is 2.57. The van der Waals surface area contributed by atoms with Crippen LogP contribution < -0.4 is 10.1 Å². The van der Waals surface area contributed by atoms with Crippen LogP contribution in [0.2, 0.25) is 5.02 Å². The van der Waals surface area contributed by atoms with E-state index in [1.165, 1.54) is 0 Å². The number of nitrogens with one attached hydrogen (secondary N) is 1. The summed E-state index contributed by atoms with van der Waals surface area (Å²) in [5, 5.41) is 3.70. The molecule has 1 fully saturated rings. The summed E-state index contributed by atoms with van der Waals surface area (Å²) in [6.07, 6.45) is 2.00. The van der Waals surface area contributed by atoms with Gasteiger partial charge < -0.3 is 15.0 Å². The summed E-state index contributed by atoms with van der Waals surface area (Å²) in [7, 11) is 2.10. The molecule has 1 amide bonds. The van der Waals surface area contributed by atoms with E-state index in [2.05, 4.69) is 17.3 Å². The number of piperidine rings is 1. The first kappa shape index (κ1) is 15.1. The molecule has 0 aliphatic carbocycles. The summed E-state index contributed by atoms with van der Waals surface area (Å²) in [5.74, 6) is 0.641. The highest BCUT2D eigenvalue weighted by molar-refractivity contribution is 6.30. The summed E-state index contributed by atoms with van der Waals surface area (Å²) < 4.78 is 5.54. The summed E-state index contributed by atoms with van der Waals surface area (Å²) in [5.41, 5.74) is 0.935. The van der Waals surface area contributed by atoms with E-state index in [0.717, 1.165) is 31.5 Å². The van der Waals surface area contributed by atoms with Crippen molar-refractivity contribution in [1.82, 2.24) is 10.2 Å². The molecular weight excluding hydrogens is 276 g/mol. The lowest BCUT2D eigenvalue weighted by Crippen LogP contribution is -2.44. The predicted molar refractivity (Wildman–Crippen MR) is 80.3 cm³/mol. The maximum Gasteiger partial charge on any atom is 0.258 e. The molecule has 0 radical (unpaired) electrons. The monoisotopic (exact) mass is 296 g/mol. The highest BCUT2D eigenvalue weighted by Crippen LogP contribution is 2.21. The standard InChI is InChI=1S/C15H21ClN2O2/c1-11-9-12(16)3-4-14(11)20-10-15(19)17-13-5-7-18(2)8-6-13/h3-4,9,13H,5-8,10H2,1-2H3,(H,17,19). The van der Waals surface area contributed by atoms with Crippen LogP contribution in [0.15, 0.2) is 18.2 Å². The first-order chi connectivity index (χ1) is 9.54. The Morgan fingerprint density at radius 2 is 2.15 bits per heavy atom. The molecule has 1 aliphatic heterocycles. The SMILES string of the molecule is Cc1cc(Cl)ccc1OCC(=O)NC1CCN(C)CC1. The number of benzene rings is 1. The van der Waals surface area contributed by atoms with Crippen LogP contribution in [0.4, 0.5) is 0 Å². The Hall–Kier alpha value is -1.26. The smallest absolute Gasteiger partial charge is 0.258 e. The average molecular weight is 297 g/mol. The molecule has 1 aromatic carbocycles. The lowest BCUT2D eigenvalue weighted by Gasteiger charge is -2.29. The summed E-state index contributed by atoms with van der Waals surface area (Å²) >= 11 is 5.88. The van der Waals surface area contributed by atoms with Crippen molar-refractivity contribution >= 4 is 17.5 Å². The summed E-state index contributed by atoms with van der Waals surface area (Å²) in [6, 6.07) is 5.65. The normalized spacial score (nSPS) is 16.9. The average Bonchev–Trinajstić information content (AvgIpc) is 2.40. The Bertz CT molecular complexity index is 471. The molecule has 0 bridgehead atoms. The number of amides is 1. The van der Waals surface area contributed by atoms with Crippen molar-refractivity contribution in [3.05, 3.63) is 28.8 Å². The van der Waals surface area contributed by atoms with Crippen LogP contribution >= 0.6 is 11.6 Å². The van der Waals surface area contributed by atoms with Crippen LogP contribution in [-0.4, -0.2) is 43.6 Å². The van der Waals surface area contributed by atoms with Gasteiger partial charge in [-0.2, -0.15) is 0 Å². The van der Waals surface area contributed by atoms with Crippen LogP contribution in [0.25, 0.3) is 0 Å². The van der Waals surface area contributed by atoms with Gasteiger partial charge in [-0.1, -0.05) is 11.6 Å². The molecule has 2 rings (SSSR count). The van der Waals surface area contributed by atoms with Crippen molar-refractivity contribution in [2.24, 2.45) is 0 Å². The zero-order valence-electron chi connectivity index (χ0n) is 12.0. The van der Waals surface area contributed by atoms with Crippen molar-refractivity contribution < 1.29 is 9.53 Å². The molecule has 1 saturated heterocycles. The number of carbonyl (C=O) groups is 1. The number of halogens is 1. The molecule has 0 atom stereocenters. The number of nitrogens with zero attached hydrogens (tertiary/aromatic N) is 1. The third-order valence-corrected chi connectivity index (χ3v) is 3.81. The van der Waals surface area contributed by atoms with Gasteiger partial charge in [-0.15, -0.1) is 0 Å². The van der Waals surface area contributed by atoms with E-state index in [1.807, 2.05) is 13.0 Å². The maximum absolute atomic E-state index is 11.9. The van der Waals surface area contributed by atoms with E-state index in [1.54, 1.807) is 12.1 Å². The summed E-state index contributed by atoms with van der Waals surface area (Å²) in [6.45, 7) is 4.02. The lowest BCUT2D eigenvalue weighted by molar-refractivity contribution is -0.124. The molecule has 5 heteroatoms. The predicted octanol–water partition coefficient (Wildman–Crippen LogP) is 2.24. The van der Waals surface area contributed by atoms with Crippen molar-refractivity contribution in [3.8, 4) is 5.75 Å². The Labute approximate surface area is 125 Å². The van der Waals surface area contributed by atoms with E-state index in [0.29, 0.717) is 10.8 Å². The molecule has 1 heterocycles. The third kappa shape index (κ3) is 4.39. The van der Waals surface area contributed by atoms with Gasteiger partial charge >= 0.3 is 0 Å². The van der Waals surface area contributed by atoms with Crippen LogP contribution in [0.3, 0.4) is 0 Å². The molecule has 1 N–H and O–H groups in total.